The molecular weight excluding hydrogens is 252 g/mol. The van der Waals surface area contributed by atoms with Crippen molar-refractivity contribution in [2.24, 2.45) is 7.05 Å². The zero-order valence-electron chi connectivity index (χ0n) is 12.8. The van der Waals surface area contributed by atoms with Crippen molar-refractivity contribution in [3.63, 3.8) is 0 Å². The molecule has 0 saturated heterocycles. The van der Waals surface area contributed by atoms with Crippen LogP contribution in [0, 0.1) is 0 Å². The number of rotatable bonds is 6. The van der Waals surface area contributed by atoms with E-state index in [1.807, 2.05) is 16.4 Å². The molecule has 0 amide bonds. The summed E-state index contributed by atoms with van der Waals surface area (Å²) in [6.07, 6.45) is 2.67. The molecule has 20 heavy (non-hydrogen) atoms. The molecule has 0 atom stereocenters. The van der Waals surface area contributed by atoms with Gasteiger partial charge in [-0.1, -0.05) is 20.8 Å². The zero-order valence-corrected chi connectivity index (χ0v) is 12.8. The first-order chi connectivity index (χ1) is 9.64. The number of aryl methyl sites for hydroxylation is 3. The first kappa shape index (κ1) is 14.8. The largest absolute Gasteiger partial charge is 0.392 e. The Morgan fingerprint density at radius 1 is 1.10 bits per heavy atom. The Labute approximate surface area is 120 Å². The number of aliphatic hydroxyl groups is 1. The van der Waals surface area contributed by atoms with Gasteiger partial charge in [0.05, 0.1) is 30.2 Å². The Hall–Kier alpha value is -1.62. The third kappa shape index (κ3) is 2.63. The molecular formula is C15H24N4O. The Bertz CT molecular complexity index is 583. The lowest BCUT2D eigenvalue weighted by Gasteiger charge is -2.07. The predicted octanol–water partition coefficient (Wildman–Crippen LogP) is 1.84. The molecule has 5 nitrogen and oxygen atoms in total. The Balaban J connectivity index is 2.37. The Kier molecular flexibility index (Phi) is 4.60. The molecule has 1 N–H and O–H groups in total. The van der Waals surface area contributed by atoms with Crippen LogP contribution < -0.4 is 0 Å². The quantitative estimate of drug-likeness (QED) is 0.876. The molecule has 5 heteroatoms. The van der Waals surface area contributed by atoms with Crippen LogP contribution in [0.1, 0.15) is 49.1 Å². The summed E-state index contributed by atoms with van der Waals surface area (Å²) in [6.45, 7) is 7.06. The van der Waals surface area contributed by atoms with Crippen LogP contribution in [0.15, 0.2) is 6.07 Å². The summed E-state index contributed by atoms with van der Waals surface area (Å²) in [7, 11) is 1.97. The lowest BCUT2D eigenvalue weighted by molar-refractivity contribution is 0.279. The first-order valence-corrected chi connectivity index (χ1v) is 7.34. The minimum absolute atomic E-state index is 0.0674. The second kappa shape index (κ2) is 6.22. The van der Waals surface area contributed by atoms with Crippen molar-refractivity contribution in [3.05, 3.63) is 34.4 Å². The average molecular weight is 276 g/mol. The molecule has 110 valence electrons. The highest BCUT2D eigenvalue weighted by Crippen LogP contribution is 2.18. The summed E-state index contributed by atoms with van der Waals surface area (Å²) >= 11 is 0. The van der Waals surface area contributed by atoms with Gasteiger partial charge in [0.2, 0.25) is 0 Å². The molecule has 0 bridgehead atoms. The molecule has 2 rings (SSSR count). The van der Waals surface area contributed by atoms with Crippen molar-refractivity contribution < 1.29 is 5.11 Å². The van der Waals surface area contributed by atoms with Crippen molar-refractivity contribution in [1.29, 1.82) is 0 Å². The normalized spacial score (nSPS) is 11.2. The van der Waals surface area contributed by atoms with Gasteiger partial charge < -0.3 is 5.11 Å². The van der Waals surface area contributed by atoms with Gasteiger partial charge in [0.25, 0.3) is 0 Å². The van der Waals surface area contributed by atoms with Crippen LogP contribution in [-0.4, -0.2) is 24.7 Å². The third-order valence-corrected chi connectivity index (χ3v) is 3.78. The van der Waals surface area contributed by atoms with E-state index in [0.717, 1.165) is 47.6 Å². The highest BCUT2D eigenvalue weighted by atomic mass is 16.3. The van der Waals surface area contributed by atoms with E-state index < -0.39 is 0 Å². The van der Waals surface area contributed by atoms with E-state index in [9.17, 15) is 5.11 Å². The molecule has 0 saturated carbocycles. The van der Waals surface area contributed by atoms with E-state index in [0.29, 0.717) is 6.54 Å². The molecule has 0 radical (unpaired) electrons. The average Bonchev–Trinajstić information content (AvgIpc) is 2.99. The van der Waals surface area contributed by atoms with Crippen LogP contribution >= 0.6 is 0 Å². The Morgan fingerprint density at radius 3 is 2.35 bits per heavy atom. The summed E-state index contributed by atoms with van der Waals surface area (Å²) < 4.78 is 3.94. The highest BCUT2D eigenvalue weighted by Gasteiger charge is 2.16. The van der Waals surface area contributed by atoms with Gasteiger partial charge in [-0.15, -0.1) is 0 Å². The minimum atomic E-state index is 0.0674. The lowest BCUT2D eigenvalue weighted by atomic mass is 10.1. The van der Waals surface area contributed by atoms with E-state index >= 15 is 0 Å². The molecule has 0 aliphatic heterocycles. The van der Waals surface area contributed by atoms with Gasteiger partial charge >= 0.3 is 0 Å². The van der Waals surface area contributed by atoms with Gasteiger partial charge in [-0.2, -0.15) is 10.2 Å². The van der Waals surface area contributed by atoms with Gasteiger partial charge in [-0.05, 0) is 25.3 Å². The number of hydrogen-bond acceptors (Lipinski definition) is 3. The van der Waals surface area contributed by atoms with Crippen LogP contribution in [0.25, 0.3) is 0 Å². The first-order valence-electron chi connectivity index (χ1n) is 7.34. The van der Waals surface area contributed by atoms with E-state index in [1.54, 1.807) is 0 Å². The monoisotopic (exact) mass is 276 g/mol. The van der Waals surface area contributed by atoms with Crippen molar-refractivity contribution in [2.45, 2.75) is 53.2 Å². The van der Waals surface area contributed by atoms with Crippen LogP contribution in [0.4, 0.5) is 0 Å². The number of aliphatic hydroxyl groups excluding tert-OH is 1. The molecule has 0 unspecified atom stereocenters. The second-order valence-corrected chi connectivity index (χ2v) is 5.00. The van der Waals surface area contributed by atoms with Gasteiger partial charge in [0.15, 0.2) is 0 Å². The van der Waals surface area contributed by atoms with E-state index in [4.69, 9.17) is 0 Å². The van der Waals surface area contributed by atoms with E-state index in [1.165, 1.54) is 0 Å². The van der Waals surface area contributed by atoms with Crippen molar-refractivity contribution >= 4 is 0 Å². The molecule has 0 aliphatic carbocycles. The van der Waals surface area contributed by atoms with Crippen molar-refractivity contribution in [3.8, 4) is 0 Å². The van der Waals surface area contributed by atoms with Gasteiger partial charge in [0, 0.05) is 18.3 Å². The van der Waals surface area contributed by atoms with Crippen LogP contribution in [-0.2, 0) is 39.5 Å². The van der Waals surface area contributed by atoms with E-state index in [-0.39, 0.29) is 6.61 Å². The van der Waals surface area contributed by atoms with Gasteiger partial charge in [-0.3, -0.25) is 9.36 Å². The van der Waals surface area contributed by atoms with Gasteiger partial charge in [0.1, 0.15) is 0 Å². The highest BCUT2D eigenvalue weighted by molar-refractivity contribution is 5.27. The summed E-state index contributed by atoms with van der Waals surface area (Å²) in [5.41, 5.74) is 5.37. The molecule has 2 heterocycles. The molecule has 2 aromatic rings. The SMILES string of the molecule is CCc1cc(Cn2nc(CC)c(CO)c2CC)n(C)n1. The van der Waals surface area contributed by atoms with E-state index in [2.05, 4.69) is 37.0 Å². The zero-order chi connectivity index (χ0) is 14.7. The topological polar surface area (TPSA) is 55.9 Å². The summed E-state index contributed by atoms with van der Waals surface area (Å²) in [6, 6.07) is 2.13. The summed E-state index contributed by atoms with van der Waals surface area (Å²) in [4.78, 5) is 0. The standard InChI is InChI=1S/C15H24N4O/c1-5-11-8-12(18(4)16-11)9-19-15(7-3)13(10-20)14(6-2)17-19/h8,20H,5-7,9-10H2,1-4H3. The predicted molar refractivity (Wildman–Crippen MR) is 78.6 cm³/mol. The molecule has 0 aromatic carbocycles. The third-order valence-electron chi connectivity index (χ3n) is 3.78. The van der Waals surface area contributed by atoms with Crippen molar-refractivity contribution in [2.75, 3.05) is 0 Å². The summed E-state index contributed by atoms with van der Waals surface area (Å²) in [5.74, 6) is 0. The maximum atomic E-state index is 9.57. The fourth-order valence-corrected chi connectivity index (χ4v) is 2.63. The molecule has 0 aliphatic rings. The number of hydrogen-bond donors (Lipinski definition) is 1. The number of aromatic nitrogens is 4. The second-order valence-electron chi connectivity index (χ2n) is 5.00. The summed E-state index contributed by atoms with van der Waals surface area (Å²) in [5, 5.41) is 18.7. The smallest absolute Gasteiger partial charge is 0.0831 e. The maximum Gasteiger partial charge on any atom is 0.0831 e. The van der Waals surface area contributed by atoms with Crippen molar-refractivity contribution in [1.82, 2.24) is 19.6 Å². The lowest BCUT2D eigenvalue weighted by Crippen LogP contribution is -2.10. The minimum Gasteiger partial charge on any atom is -0.392 e. The molecule has 0 fully saturated rings. The van der Waals surface area contributed by atoms with Crippen LogP contribution in [0.3, 0.4) is 0 Å². The fourth-order valence-electron chi connectivity index (χ4n) is 2.63. The van der Waals surface area contributed by atoms with Crippen LogP contribution in [0.5, 0.6) is 0 Å². The fraction of sp³-hybridized carbons (Fsp3) is 0.600. The molecule has 0 spiro atoms. The molecule has 2 aromatic heterocycles. The number of nitrogens with zero attached hydrogens (tertiary/aromatic N) is 4. The van der Waals surface area contributed by atoms with Crippen LogP contribution in [0.2, 0.25) is 0 Å². The van der Waals surface area contributed by atoms with Gasteiger partial charge in [-0.25, -0.2) is 0 Å². The Morgan fingerprint density at radius 2 is 1.85 bits per heavy atom. The maximum absolute atomic E-state index is 9.57.